The van der Waals surface area contributed by atoms with Gasteiger partial charge in [-0.15, -0.1) is 0 Å². The van der Waals surface area contributed by atoms with Gasteiger partial charge in [-0.05, 0) is 38.7 Å². The number of H-pyrrole nitrogens is 1. The molecule has 0 saturated carbocycles. The number of esters is 1. The first-order chi connectivity index (χ1) is 12.0. The Bertz CT molecular complexity index is 786. The fourth-order valence-corrected chi connectivity index (χ4v) is 3.76. The number of nitrogens with one attached hydrogen (secondary N) is 1. The predicted molar refractivity (Wildman–Crippen MR) is 97.8 cm³/mol. The van der Waals surface area contributed by atoms with Crippen LogP contribution in [0.3, 0.4) is 0 Å². The standard InChI is InChI=1S/C19H23ClN2O3/c1-3-13-8-6-7-11-22(13)18(23)12(2)25-19(24)17-16(20)14-9-4-5-10-15(14)21-17/h4-5,9-10,12-13,21H,3,6-8,11H2,1-2H3. The van der Waals surface area contributed by atoms with Crippen molar-refractivity contribution in [2.45, 2.75) is 51.7 Å². The van der Waals surface area contributed by atoms with E-state index in [-0.39, 0.29) is 17.6 Å². The monoisotopic (exact) mass is 362 g/mol. The van der Waals surface area contributed by atoms with Gasteiger partial charge in [0.1, 0.15) is 5.69 Å². The van der Waals surface area contributed by atoms with E-state index in [4.69, 9.17) is 16.3 Å². The van der Waals surface area contributed by atoms with Gasteiger partial charge in [0, 0.05) is 23.5 Å². The van der Waals surface area contributed by atoms with Crippen molar-refractivity contribution in [3.63, 3.8) is 0 Å². The quantitative estimate of drug-likeness (QED) is 0.831. The zero-order valence-electron chi connectivity index (χ0n) is 14.5. The molecule has 1 saturated heterocycles. The summed E-state index contributed by atoms with van der Waals surface area (Å²) in [5.74, 6) is -0.737. The molecule has 1 aliphatic rings. The second-order valence-electron chi connectivity index (χ2n) is 6.50. The number of benzene rings is 1. The van der Waals surface area contributed by atoms with Crippen LogP contribution >= 0.6 is 11.6 Å². The van der Waals surface area contributed by atoms with Gasteiger partial charge in [0.2, 0.25) is 0 Å². The SMILES string of the molecule is CCC1CCCCN1C(=O)C(C)OC(=O)c1[nH]c2ccccc2c1Cl. The third-order valence-corrected chi connectivity index (χ3v) is 5.25. The van der Waals surface area contributed by atoms with E-state index in [9.17, 15) is 9.59 Å². The molecule has 1 fully saturated rings. The minimum atomic E-state index is -0.831. The number of rotatable bonds is 4. The first-order valence-corrected chi connectivity index (χ1v) is 9.18. The average Bonchev–Trinajstić information content (AvgIpc) is 2.98. The molecule has 25 heavy (non-hydrogen) atoms. The summed E-state index contributed by atoms with van der Waals surface area (Å²) in [5.41, 5.74) is 0.953. The normalized spacial score (nSPS) is 19.0. The zero-order chi connectivity index (χ0) is 18.0. The van der Waals surface area contributed by atoms with E-state index >= 15 is 0 Å². The summed E-state index contributed by atoms with van der Waals surface area (Å²) < 4.78 is 5.41. The number of para-hydroxylation sites is 1. The summed E-state index contributed by atoms with van der Waals surface area (Å²) in [4.78, 5) is 30.0. The summed E-state index contributed by atoms with van der Waals surface area (Å²) in [7, 11) is 0. The van der Waals surface area contributed by atoms with E-state index in [0.717, 1.165) is 43.1 Å². The lowest BCUT2D eigenvalue weighted by Crippen LogP contribution is -2.48. The molecule has 2 heterocycles. The Balaban J connectivity index is 1.73. The maximum absolute atomic E-state index is 12.7. The van der Waals surface area contributed by atoms with Gasteiger partial charge >= 0.3 is 5.97 Å². The molecule has 1 aliphatic heterocycles. The molecule has 2 aromatic rings. The van der Waals surface area contributed by atoms with E-state index in [2.05, 4.69) is 11.9 Å². The first-order valence-electron chi connectivity index (χ1n) is 8.80. The minimum absolute atomic E-state index is 0.132. The van der Waals surface area contributed by atoms with Gasteiger partial charge in [0.05, 0.1) is 5.02 Å². The van der Waals surface area contributed by atoms with Crippen LogP contribution in [0.25, 0.3) is 10.9 Å². The van der Waals surface area contributed by atoms with Crippen molar-refractivity contribution in [1.29, 1.82) is 0 Å². The molecular weight excluding hydrogens is 340 g/mol. The van der Waals surface area contributed by atoms with Crippen LogP contribution in [-0.4, -0.2) is 40.5 Å². The molecule has 0 spiro atoms. The van der Waals surface area contributed by atoms with Crippen LogP contribution in [0.2, 0.25) is 5.02 Å². The van der Waals surface area contributed by atoms with Gasteiger partial charge in [-0.2, -0.15) is 0 Å². The van der Waals surface area contributed by atoms with Crippen molar-refractivity contribution >= 4 is 34.4 Å². The fraction of sp³-hybridized carbons (Fsp3) is 0.474. The number of aromatic amines is 1. The third kappa shape index (κ3) is 3.52. The van der Waals surface area contributed by atoms with Gasteiger partial charge in [0.15, 0.2) is 6.10 Å². The molecule has 0 aliphatic carbocycles. The Labute approximate surface area is 152 Å². The van der Waals surface area contributed by atoms with Crippen LogP contribution < -0.4 is 0 Å². The van der Waals surface area contributed by atoms with Crippen LogP contribution in [-0.2, 0) is 9.53 Å². The Kier molecular flexibility index (Phi) is 5.33. The third-order valence-electron chi connectivity index (χ3n) is 4.86. The molecule has 5 nitrogen and oxygen atoms in total. The number of carbonyl (C=O) groups excluding carboxylic acids is 2. The summed E-state index contributed by atoms with van der Waals surface area (Å²) >= 11 is 6.28. The smallest absolute Gasteiger partial charge is 0.357 e. The number of nitrogens with zero attached hydrogens (tertiary/aromatic N) is 1. The second-order valence-corrected chi connectivity index (χ2v) is 6.87. The molecule has 0 bridgehead atoms. The number of likely N-dealkylation sites (tertiary alicyclic amines) is 1. The number of carbonyl (C=O) groups is 2. The summed E-state index contributed by atoms with van der Waals surface area (Å²) in [5, 5.41) is 1.09. The van der Waals surface area contributed by atoms with Crippen molar-refractivity contribution in [2.24, 2.45) is 0 Å². The van der Waals surface area contributed by atoms with Gasteiger partial charge in [0.25, 0.3) is 5.91 Å². The van der Waals surface area contributed by atoms with E-state index in [0.29, 0.717) is 5.02 Å². The molecule has 1 aromatic heterocycles. The van der Waals surface area contributed by atoms with E-state index in [1.165, 1.54) is 0 Å². The topological polar surface area (TPSA) is 62.4 Å². The molecule has 1 aromatic carbocycles. The highest BCUT2D eigenvalue weighted by Gasteiger charge is 2.31. The molecule has 3 rings (SSSR count). The van der Waals surface area contributed by atoms with E-state index < -0.39 is 12.1 Å². The number of ether oxygens (including phenoxy) is 1. The zero-order valence-corrected chi connectivity index (χ0v) is 15.3. The number of aromatic nitrogens is 1. The first kappa shape index (κ1) is 17.8. The highest BCUT2D eigenvalue weighted by molar-refractivity contribution is 6.38. The van der Waals surface area contributed by atoms with Gasteiger partial charge in [-0.3, -0.25) is 4.79 Å². The van der Waals surface area contributed by atoms with Crippen LogP contribution in [0, 0.1) is 0 Å². The van der Waals surface area contributed by atoms with Gasteiger partial charge < -0.3 is 14.6 Å². The molecule has 0 radical (unpaired) electrons. The van der Waals surface area contributed by atoms with Crippen molar-refractivity contribution in [1.82, 2.24) is 9.88 Å². The second kappa shape index (κ2) is 7.48. The summed E-state index contributed by atoms with van der Waals surface area (Å²) in [6.45, 7) is 4.43. The average molecular weight is 363 g/mol. The van der Waals surface area contributed by atoms with Gasteiger partial charge in [-0.25, -0.2) is 4.79 Å². The number of halogens is 1. The van der Waals surface area contributed by atoms with Crippen molar-refractivity contribution in [3.05, 3.63) is 35.0 Å². The summed E-state index contributed by atoms with van der Waals surface area (Å²) in [6.07, 6.45) is 3.23. The Morgan fingerprint density at radius 2 is 2.12 bits per heavy atom. The number of amides is 1. The minimum Gasteiger partial charge on any atom is -0.448 e. The van der Waals surface area contributed by atoms with E-state index in [1.807, 2.05) is 29.2 Å². The van der Waals surface area contributed by atoms with Crippen LogP contribution in [0.5, 0.6) is 0 Å². The largest absolute Gasteiger partial charge is 0.448 e. The lowest BCUT2D eigenvalue weighted by molar-refractivity contribution is -0.143. The lowest BCUT2D eigenvalue weighted by Gasteiger charge is -2.36. The number of hydrogen-bond acceptors (Lipinski definition) is 3. The van der Waals surface area contributed by atoms with Crippen molar-refractivity contribution < 1.29 is 14.3 Å². The molecule has 2 unspecified atom stereocenters. The van der Waals surface area contributed by atoms with Crippen LogP contribution in [0.15, 0.2) is 24.3 Å². The van der Waals surface area contributed by atoms with Crippen LogP contribution in [0.1, 0.15) is 50.0 Å². The van der Waals surface area contributed by atoms with Gasteiger partial charge in [-0.1, -0.05) is 36.7 Å². The van der Waals surface area contributed by atoms with Crippen molar-refractivity contribution in [3.8, 4) is 0 Å². The summed E-state index contributed by atoms with van der Waals surface area (Å²) in [6, 6.07) is 7.62. The Hall–Kier alpha value is -2.01. The Morgan fingerprint density at radius 3 is 2.84 bits per heavy atom. The molecule has 134 valence electrons. The molecular formula is C19H23ClN2O3. The van der Waals surface area contributed by atoms with E-state index in [1.54, 1.807) is 6.92 Å². The molecule has 2 atom stereocenters. The Morgan fingerprint density at radius 1 is 1.36 bits per heavy atom. The predicted octanol–water partition coefficient (Wildman–Crippen LogP) is 4.16. The fourth-order valence-electron chi connectivity index (χ4n) is 3.47. The number of fused-ring (bicyclic) bond motifs is 1. The molecule has 6 heteroatoms. The maximum Gasteiger partial charge on any atom is 0.357 e. The van der Waals surface area contributed by atoms with Crippen molar-refractivity contribution in [2.75, 3.05) is 6.54 Å². The lowest BCUT2D eigenvalue weighted by atomic mass is 9.99. The molecule has 1 amide bonds. The highest BCUT2D eigenvalue weighted by Crippen LogP contribution is 2.28. The number of piperidine rings is 1. The molecule has 1 N–H and O–H groups in total. The number of hydrogen-bond donors (Lipinski definition) is 1. The highest BCUT2D eigenvalue weighted by atomic mass is 35.5. The maximum atomic E-state index is 12.7. The van der Waals surface area contributed by atoms with Crippen LogP contribution in [0.4, 0.5) is 0 Å².